The maximum absolute atomic E-state index is 13.5. The molecule has 1 aliphatic heterocycles. The van der Waals surface area contributed by atoms with E-state index < -0.39 is 29.7 Å². The Labute approximate surface area is 129 Å². The van der Waals surface area contributed by atoms with Crippen LogP contribution < -0.4 is 10.6 Å². The first-order valence-electron chi connectivity index (χ1n) is 6.61. The first kappa shape index (κ1) is 16.8. The number of hydrogen-bond donors (Lipinski definition) is 1. The maximum Gasteiger partial charge on any atom is 0.417 e. The van der Waals surface area contributed by atoms with Crippen LogP contribution in [0.3, 0.4) is 0 Å². The van der Waals surface area contributed by atoms with Crippen LogP contribution in [0.4, 0.5) is 23.4 Å². The zero-order chi connectivity index (χ0) is 16.5. The van der Waals surface area contributed by atoms with Crippen LogP contribution in [0.1, 0.15) is 18.4 Å². The zero-order valence-corrected chi connectivity index (χ0v) is 12.2. The van der Waals surface area contributed by atoms with Gasteiger partial charge in [0, 0.05) is 25.2 Å². The van der Waals surface area contributed by atoms with Gasteiger partial charge >= 0.3 is 6.18 Å². The van der Waals surface area contributed by atoms with Crippen molar-refractivity contribution in [2.75, 3.05) is 18.0 Å². The number of anilines is 1. The lowest BCUT2D eigenvalue weighted by Gasteiger charge is -2.33. The van der Waals surface area contributed by atoms with E-state index in [1.165, 1.54) is 0 Å². The van der Waals surface area contributed by atoms with Gasteiger partial charge in [-0.1, -0.05) is 11.6 Å². The lowest BCUT2D eigenvalue weighted by Crippen LogP contribution is -2.41. The summed E-state index contributed by atoms with van der Waals surface area (Å²) < 4.78 is 51.2. The molecule has 0 saturated carbocycles. The number of rotatable bonds is 3. The number of amides is 1. The largest absolute Gasteiger partial charge is 0.417 e. The van der Waals surface area contributed by atoms with Gasteiger partial charge in [0.25, 0.3) is 5.91 Å². The maximum atomic E-state index is 13.5. The van der Waals surface area contributed by atoms with Gasteiger partial charge in [0.15, 0.2) is 6.17 Å². The summed E-state index contributed by atoms with van der Waals surface area (Å²) in [5, 5.41) is -0.111. The molecule has 1 atom stereocenters. The van der Waals surface area contributed by atoms with Crippen LogP contribution in [0.2, 0.25) is 5.02 Å². The van der Waals surface area contributed by atoms with Crippen LogP contribution in [-0.2, 0) is 11.0 Å². The minimum atomic E-state index is -4.51. The van der Waals surface area contributed by atoms with Gasteiger partial charge in [0.2, 0.25) is 0 Å². The van der Waals surface area contributed by atoms with Crippen molar-refractivity contribution < 1.29 is 22.4 Å². The van der Waals surface area contributed by atoms with Gasteiger partial charge in [-0.3, -0.25) is 4.79 Å². The van der Waals surface area contributed by atoms with Crippen LogP contribution in [0, 0.1) is 5.92 Å². The molecule has 0 spiro atoms. The summed E-state index contributed by atoms with van der Waals surface area (Å²) in [4.78, 5) is 16.3. The number of nitrogens with two attached hydrogens (primary N) is 1. The van der Waals surface area contributed by atoms with E-state index in [4.69, 9.17) is 17.3 Å². The van der Waals surface area contributed by atoms with Crippen LogP contribution in [-0.4, -0.2) is 30.2 Å². The summed E-state index contributed by atoms with van der Waals surface area (Å²) in [6, 6.07) is 0.817. The average Bonchev–Trinajstić information content (AvgIpc) is 2.45. The molecule has 9 heteroatoms. The third-order valence-corrected chi connectivity index (χ3v) is 3.95. The molecule has 0 aliphatic carbocycles. The fourth-order valence-corrected chi connectivity index (χ4v) is 2.74. The molecule has 2 heterocycles. The molecule has 0 aromatic carbocycles. The van der Waals surface area contributed by atoms with E-state index >= 15 is 0 Å². The summed E-state index contributed by atoms with van der Waals surface area (Å²) in [6.07, 6.45) is -4.80. The molecule has 4 nitrogen and oxygen atoms in total. The van der Waals surface area contributed by atoms with Crippen molar-refractivity contribution in [1.29, 1.82) is 0 Å². The summed E-state index contributed by atoms with van der Waals surface area (Å²) >= 11 is 5.87. The Morgan fingerprint density at radius 1 is 1.41 bits per heavy atom. The Balaban J connectivity index is 2.07. The van der Waals surface area contributed by atoms with Gasteiger partial charge < -0.3 is 10.6 Å². The highest BCUT2D eigenvalue weighted by Crippen LogP contribution is 2.35. The summed E-state index contributed by atoms with van der Waals surface area (Å²) in [5.74, 6) is -1.26. The second kappa shape index (κ2) is 6.28. The second-order valence-corrected chi connectivity index (χ2v) is 5.56. The summed E-state index contributed by atoms with van der Waals surface area (Å²) in [5.41, 5.74) is 4.00. The zero-order valence-electron chi connectivity index (χ0n) is 11.4. The van der Waals surface area contributed by atoms with Crippen molar-refractivity contribution in [3.63, 3.8) is 0 Å². The lowest BCUT2D eigenvalue weighted by molar-refractivity contribution is -0.137. The topological polar surface area (TPSA) is 59.2 Å². The fourth-order valence-electron chi connectivity index (χ4n) is 2.45. The highest BCUT2D eigenvalue weighted by molar-refractivity contribution is 6.33. The summed E-state index contributed by atoms with van der Waals surface area (Å²) in [7, 11) is 0. The van der Waals surface area contributed by atoms with Gasteiger partial charge in [-0.05, 0) is 18.9 Å². The number of hydrogen-bond acceptors (Lipinski definition) is 3. The number of halogens is 5. The number of primary amides is 1. The molecule has 0 unspecified atom stereocenters. The molecular weight excluding hydrogens is 326 g/mol. The predicted molar refractivity (Wildman–Crippen MR) is 73.3 cm³/mol. The first-order chi connectivity index (χ1) is 10.2. The molecule has 0 radical (unpaired) electrons. The highest BCUT2D eigenvalue weighted by atomic mass is 35.5. The molecule has 2 rings (SSSR count). The molecular formula is C13H14ClF4N3O. The normalized spacial score (nSPS) is 18.3. The van der Waals surface area contributed by atoms with Gasteiger partial charge in [0.1, 0.15) is 5.82 Å². The van der Waals surface area contributed by atoms with E-state index in [0.29, 0.717) is 32.1 Å². The number of carbonyl (C=O) groups is 1. The van der Waals surface area contributed by atoms with E-state index in [-0.39, 0.29) is 10.8 Å². The lowest BCUT2D eigenvalue weighted by atomic mass is 9.92. The number of piperidine rings is 1. The molecule has 1 amide bonds. The molecule has 1 aromatic rings. The molecule has 1 aliphatic rings. The van der Waals surface area contributed by atoms with Crippen LogP contribution >= 0.6 is 11.6 Å². The molecule has 1 fully saturated rings. The van der Waals surface area contributed by atoms with Gasteiger partial charge in [-0.2, -0.15) is 13.2 Å². The highest BCUT2D eigenvalue weighted by Gasteiger charge is 2.33. The second-order valence-electron chi connectivity index (χ2n) is 5.16. The van der Waals surface area contributed by atoms with Crippen molar-refractivity contribution >= 4 is 23.3 Å². The van der Waals surface area contributed by atoms with Gasteiger partial charge in [-0.25, -0.2) is 9.37 Å². The van der Waals surface area contributed by atoms with Gasteiger partial charge in [0.05, 0.1) is 10.6 Å². The Bertz CT molecular complexity index is 559. The van der Waals surface area contributed by atoms with Gasteiger partial charge in [-0.15, -0.1) is 0 Å². The molecule has 2 N–H and O–H groups in total. The number of aromatic nitrogens is 1. The Hall–Kier alpha value is -1.57. The van der Waals surface area contributed by atoms with Crippen molar-refractivity contribution in [1.82, 2.24) is 4.98 Å². The monoisotopic (exact) mass is 339 g/mol. The number of nitrogens with zero attached hydrogens (tertiary/aromatic N) is 2. The van der Waals surface area contributed by atoms with Crippen molar-refractivity contribution in [3.05, 3.63) is 22.8 Å². The molecule has 1 saturated heterocycles. The quantitative estimate of drug-likeness (QED) is 0.861. The number of carbonyl (C=O) groups excluding carboxylic acids is 1. The number of alkyl halides is 4. The van der Waals surface area contributed by atoms with E-state index in [9.17, 15) is 22.4 Å². The Kier molecular flexibility index (Phi) is 4.79. The van der Waals surface area contributed by atoms with Crippen LogP contribution in [0.15, 0.2) is 12.3 Å². The van der Waals surface area contributed by atoms with Crippen molar-refractivity contribution in [3.8, 4) is 0 Å². The fraction of sp³-hybridized carbons (Fsp3) is 0.538. The Morgan fingerprint density at radius 3 is 2.45 bits per heavy atom. The average molecular weight is 340 g/mol. The third-order valence-electron chi connectivity index (χ3n) is 3.67. The SMILES string of the molecule is NC(=O)[C@H](F)C1CCN(c2ncc(C(F)(F)F)cc2Cl)CC1. The minimum Gasteiger partial charge on any atom is -0.367 e. The molecule has 0 bridgehead atoms. The smallest absolute Gasteiger partial charge is 0.367 e. The summed E-state index contributed by atoms with van der Waals surface area (Å²) in [6.45, 7) is 0.687. The van der Waals surface area contributed by atoms with Crippen LogP contribution in [0.5, 0.6) is 0 Å². The number of pyridine rings is 1. The van der Waals surface area contributed by atoms with E-state index in [1.54, 1.807) is 4.90 Å². The van der Waals surface area contributed by atoms with E-state index in [2.05, 4.69) is 4.98 Å². The molecule has 122 valence electrons. The van der Waals surface area contributed by atoms with E-state index in [1.807, 2.05) is 0 Å². The molecule has 22 heavy (non-hydrogen) atoms. The third kappa shape index (κ3) is 3.60. The standard InChI is InChI=1S/C13H14ClF4N3O/c14-9-5-8(13(16,17)18)6-20-12(9)21-3-1-7(2-4-21)10(15)11(19)22/h5-7,10H,1-4H2,(H2,19,22)/t10-/m1/s1. The molecule has 1 aromatic heterocycles. The first-order valence-corrected chi connectivity index (χ1v) is 6.99. The minimum absolute atomic E-state index is 0.111. The van der Waals surface area contributed by atoms with Crippen LogP contribution in [0.25, 0.3) is 0 Å². The Morgan fingerprint density at radius 2 is 2.00 bits per heavy atom. The van der Waals surface area contributed by atoms with E-state index in [0.717, 1.165) is 6.07 Å². The van der Waals surface area contributed by atoms with Crippen molar-refractivity contribution in [2.24, 2.45) is 11.7 Å². The van der Waals surface area contributed by atoms with Crippen molar-refractivity contribution in [2.45, 2.75) is 25.2 Å². The predicted octanol–water partition coefficient (Wildman–Crippen LogP) is 2.79.